The number of aromatic hydroxyl groups is 1. The zero-order chi connectivity index (χ0) is 11.4. The van der Waals surface area contributed by atoms with E-state index in [1.54, 1.807) is 19.1 Å². The van der Waals surface area contributed by atoms with Crippen molar-refractivity contribution in [3.8, 4) is 11.5 Å². The Balaban J connectivity index is 2.81. The predicted molar refractivity (Wildman–Crippen MR) is 56.7 cm³/mol. The van der Waals surface area contributed by atoms with Gasteiger partial charge in [-0.25, -0.2) is 0 Å². The Hall–Kier alpha value is -1.91. The number of anilines is 1. The van der Waals surface area contributed by atoms with Crippen molar-refractivity contribution >= 4 is 11.6 Å². The third-order valence-electron chi connectivity index (χ3n) is 1.96. The number of carbonyl (C=O) groups is 1. The molecule has 1 aromatic carbocycles. The molecule has 1 rings (SSSR count). The molecule has 82 valence electrons. The smallest absolute Gasteiger partial charge is 0.260 e. The van der Waals surface area contributed by atoms with E-state index in [-0.39, 0.29) is 17.3 Å². The number of phenolic OH excluding ortho intramolecular Hbond substituents is 1. The third-order valence-corrected chi connectivity index (χ3v) is 1.96. The highest BCUT2D eigenvalue weighted by Gasteiger charge is 2.14. The second-order valence-corrected chi connectivity index (χ2v) is 3.06. The Bertz CT molecular complexity index is 366. The Morgan fingerprint density at radius 3 is 2.87 bits per heavy atom. The maximum absolute atomic E-state index is 11.2. The molecule has 1 unspecified atom stereocenters. The van der Waals surface area contributed by atoms with E-state index in [0.29, 0.717) is 5.75 Å². The summed E-state index contributed by atoms with van der Waals surface area (Å²) < 4.78 is 5.28. The minimum absolute atomic E-state index is 0.0587. The monoisotopic (exact) mass is 210 g/mol. The average Bonchev–Trinajstić information content (AvgIpc) is 2.23. The van der Waals surface area contributed by atoms with E-state index in [1.165, 1.54) is 13.1 Å². The zero-order valence-corrected chi connectivity index (χ0v) is 8.65. The summed E-state index contributed by atoms with van der Waals surface area (Å²) in [5, 5.41) is 11.8. The van der Waals surface area contributed by atoms with Crippen LogP contribution in [-0.2, 0) is 4.79 Å². The normalized spacial score (nSPS) is 11.9. The van der Waals surface area contributed by atoms with Crippen molar-refractivity contribution in [1.82, 2.24) is 5.32 Å². The van der Waals surface area contributed by atoms with Crippen molar-refractivity contribution in [3.63, 3.8) is 0 Å². The van der Waals surface area contributed by atoms with Crippen LogP contribution in [0.2, 0.25) is 0 Å². The van der Waals surface area contributed by atoms with Gasteiger partial charge < -0.3 is 20.9 Å². The number of hydrogen-bond acceptors (Lipinski definition) is 4. The van der Waals surface area contributed by atoms with Crippen LogP contribution in [0, 0.1) is 0 Å². The lowest BCUT2D eigenvalue weighted by atomic mass is 10.2. The summed E-state index contributed by atoms with van der Waals surface area (Å²) in [6.07, 6.45) is -0.654. The molecule has 4 N–H and O–H groups in total. The van der Waals surface area contributed by atoms with Crippen LogP contribution in [0.3, 0.4) is 0 Å². The Kier molecular flexibility index (Phi) is 3.38. The Morgan fingerprint density at radius 1 is 1.60 bits per heavy atom. The van der Waals surface area contributed by atoms with Crippen LogP contribution >= 0.6 is 0 Å². The van der Waals surface area contributed by atoms with Gasteiger partial charge in [-0.2, -0.15) is 0 Å². The number of para-hydroxylation sites is 1. The maximum Gasteiger partial charge on any atom is 0.260 e. The van der Waals surface area contributed by atoms with Gasteiger partial charge in [0.05, 0.1) is 0 Å². The first-order valence-corrected chi connectivity index (χ1v) is 4.52. The number of ether oxygens (including phenoxy) is 1. The number of hydrogen-bond donors (Lipinski definition) is 3. The van der Waals surface area contributed by atoms with Crippen LogP contribution in [0.4, 0.5) is 5.69 Å². The number of phenols is 1. The zero-order valence-electron chi connectivity index (χ0n) is 8.65. The molecule has 1 aromatic rings. The largest absolute Gasteiger partial charge is 0.506 e. The average molecular weight is 210 g/mol. The van der Waals surface area contributed by atoms with E-state index in [4.69, 9.17) is 10.5 Å². The van der Waals surface area contributed by atoms with Gasteiger partial charge in [0.15, 0.2) is 6.10 Å². The lowest BCUT2D eigenvalue weighted by Crippen LogP contribution is -2.33. The van der Waals surface area contributed by atoms with E-state index in [0.717, 1.165) is 0 Å². The molecule has 0 fully saturated rings. The second-order valence-electron chi connectivity index (χ2n) is 3.06. The predicted octanol–water partition coefficient (Wildman–Crippen LogP) is 0.488. The first kappa shape index (κ1) is 11.2. The first-order chi connectivity index (χ1) is 7.06. The van der Waals surface area contributed by atoms with E-state index < -0.39 is 6.10 Å². The van der Waals surface area contributed by atoms with Gasteiger partial charge in [0.2, 0.25) is 0 Å². The second kappa shape index (κ2) is 4.54. The van der Waals surface area contributed by atoms with Gasteiger partial charge in [-0.3, -0.25) is 4.79 Å². The molecule has 0 heterocycles. The molecule has 0 bridgehead atoms. The number of likely N-dealkylation sites (N-methyl/N-ethyl adjacent to an activating group) is 1. The van der Waals surface area contributed by atoms with Crippen LogP contribution in [0.25, 0.3) is 0 Å². The summed E-state index contributed by atoms with van der Waals surface area (Å²) in [6, 6.07) is 4.64. The molecule has 0 saturated heterocycles. The van der Waals surface area contributed by atoms with Crippen molar-refractivity contribution in [2.75, 3.05) is 12.8 Å². The molecule has 1 atom stereocenters. The molecule has 5 nitrogen and oxygen atoms in total. The van der Waals surface area contributed by atoms with Crippen LogP contribution in [0.5, 0.6) is 11.5 Å². The van der Waals surface area contributed by atoms with Crippen molar-refractivity contribution in [2.24, 2.45) is 0 Å². The third kappa shape index (κ3) is 2.52. The maximum atomic E-state index is 11.2. The Morgan fingerprint density at radius 2 is 2.27 bits per heavy atom. The van der Waals surface area contributed by atoms with Crippen molar-refractivity contribution < 1.29 is 14.6 Å². The number of amides is 1. The summed E-state index contributed by atoms with van der Waals surface area (Å²) >= 11 is 0. The van der Waals surface area contributed by atoms with E-state index in [1.807, 2.05) is 0 Å². The minimum Gasteiger partial charge on any atom is -0.506 e. The van der Waals surface area contributed by atoms with Gasteiger partial charge in [0, 0.05) is 7.05 Å². The van der Waals surface area contributed by atoms with Gasteiger partial charge in [-0.05, 0) is 19.1 Å². The summed E-state index contributed by atoms with van der Waals surface area (Å²) in [6.45, 7) is 1.60. The SMILES string of the molecule is CNC(=O)C(C)Oc1cccc(O)c1N. The van der Waals surface area contributed by atoms with Gasteiger partial charge >= 0.3 is 0 Å². The molecule has 15 heavy (non-hydrogen) atoms. The molecule has 5 heteroatoms. The molecule has 0 saturated carbocycles. The Labute approximate surface area is 87.9 Å². The van der Waals surface area contributed by atoms with Crippen LogP contribution in [0.15, 0.2) is 18.2 Å². The highest BCUT2D eigenvalue weighted by molar-refractivity contribution is 5.80. The number of carbonyl (C=O) groups excluding carboxylic acids is 1. The fourth-order valence-electron chi connectivity index (χ4n) is 1.08. The molecule has 1 amide bonds. The van der Waals surface area contributed by atoms with Gasteiger partial charge in [-0.1, -0.05) is 6.07 Å². The highest BCUT2D eigenvalue weighted by Crippen LogP contribution is 2.30. The van der Waals surface area contributed by atoms with E-state index >= 15 is 0 Å². The first-order valence-electron chi connectivity index (χ1n) is 4.52. The molecule has 0 spiro atoms. The number of nitrogens with two attached hydrogens (primary N) is 1. The summed E-state index contributed by atoms with van der Waals surface area (Å²) in [7, 11) is 1.52. The summed E-state index contributed by atoms with van der Waals surface area (Å²) in [4.78, 5) is 11.2. The minimum atomic E-state index is -0.654. The molecule has 0 aromatic heterocycles. The van der Waals surface area contributed by atoms with Crippen molar-refractivity contribution in [3.05, 3.63) is 18.2 Å². The molecule has 0 aliphatic heterocycles. The van der Waals surface area contributed by atoms with Gasteiger partial charge in [-0.15, -0.1) is 0 Å². The fraction of sp³-hybridized carbons (Fsp3) is 0.300. The van der Waals surface area contributed by atoms with Crippen molar-refractivity contribution in [1.29, 1.82) is 0 Å². The van der Waals surface area contributed by atoms with Gasteiger partial charge in [0.25, 0.3) is 5.91 Å². The standard InChI is InChI=1S/C10H14N2O3/c1-6(10(14)12-2)15-8-5-3-4-7(13)9(8)11/h3-6,13H,11H2,1-2H3,(H,12,14). The van der Waals surface area contributed by atoms with Gasteiger partial charge in [0.1, 0.15) is 17.2 Å². The number of benzene rings is 1. The molecule has 0 aliphatic carbocycles. The lowest BCUT2D eigenvalue weighted by molar-refractivity contribution is -0.126. The summed E-state index contributed by atoms with van der Waals surface area (Å²) in [5.74, 6) is -0.0135. The quantitative estimate of drug-likeness (QED) is 0.500. The number of nitrogen functional groups attached to an aromatic ring is 1. The number of nitrogens with one attached hydrogen (secondary N) is 1. The molecular formula is C10H14N2O3. The molecule has 0 radical (unpaired) electrons. The molecule has 0 aliphatic rings. The summed E-state index contributed by atoms with van der Waals surface area (Å²) in [5.41, 5.74) is 5.70. The van der Waals surface area contributed by atoms with E-state index in [2.05, 4.69) is 5.32 Å². The number of rotatable bonds is 3. The van der Waals surface area contributed by atoms with E-state index in [9.17, 15) is 9.90 Å². The molecular weight excluding hydrogens is 196 g/mol. The van der Waals surface area contributed by atoms with Crippen LogP contribution in [0.1, 0.15) is 6.92 Å². The topological polar surface area (TPSA) is 84.6 Å². The lowest BCUT2D eigenvalue weighted by Gasteiger charge is -2.14. The van der Waals surface area contributed by atoms with Crippen LogP contribution in [-0.4, -0.2) is 24.2 Å². The van der Waals surface area contributed by atoms with Crippen molar-refractivity contribution in [2.45, 2.75) is 13.0 Å². The fourth-order valence-corrected chi connectivity index (χ4v) is 1.08. The highest BCUT2D eigenvalue weighted by atomic mass is 16.5. The van der Waals surface area contributed by atoms with Crippen LogP contribution < -0.4 is 15.8 Å².